The first kappa shape index (κ1) is 22.7. The molecule has 1 aliphatic carbocycles. The number of fused-ring (bicyclic) bond motifs is 3. The fourth-order valence-electron chi connectivity index (χ4n) is 5.75. The minimum absolute atomic E-state index is 0.00705. The summed E-state index contributed by atoms with van der Waals surface area (Å²) in [7, 11) is 1.55. The average Bonchev–Trinajstić information content (AvgIpc) is 3.51. The van der Waals surface area contributed by atoms with Crippen LogP contribution in [0.15, 0.2) is 36.6 Å². The standard InChI is InChI=1S/C25H29NO8/c1-3-9-31-21(28)12-17(27)24(29)34-23-20(30-2)13-25-6-4-7-26(25)8-5-15-10-18-19(33-14-32-18)11-16(15)22(23)25/h3,10-11,13,17,22-23,27H,1,4-9,12,14H2,2H3/t17-,22-,23?,25?/m1/s1. The van der Waals surface area contributed by atoms with Crippen molar-refractivity contribution in [2.45, 2.75) is 49.3 Å². The van der Waals surface area contributed by atoms with Crippen LogP contribution in [0.3, 0.4) is 0 Å². The van der Waals surface area contributed by atoms with Gasteiger partial charge in [-0.2, -0.15) is 0 Å². The molecule has 1 spiro atoms. The molecule has 0 saturated carbocycles. The number of carbonyl (C=O) groups is 2. The second-order valence-corrected chi connectivity index (χ2v) is 9.01. The summed E-state index contributed by atoms with van der Waals surface area (Å²) in [6.07, 6.45) is 3.33. The summed E-state index contributed by atoms with van der Waals surface area (Å²) < 4.78 is 27.7. The molecule has 182 valence electrons. The SMILES string of the molecule is C=CCOC(=O)C[C@@H](O)C(=O)OC1C(OC)=CC23CCCN2CCc2cc4c(cc2[C@H]13)OCO4. The lowest BCUT2D eigenvalue weighted by Crippen LogP contribution is -2.47. The van der Waals surface area contributed by atoms with Crippen LogP contribution in [0.4, 0.5) is 0 Å². The van der Waals surface area contributed by atoms with Gasteiger partial charge in [0.2, 0.25) is 6.79 Å². The minimum atomic E-state index is -1.64. The molecule has 1 N–H and O–H groups in total. The van der Waals surface area contributed by atoms with Crippen LogP contribution in [0.5, 0.6) is 11.5 Å². The molecule has 1 fully saturated rings. The molecule has 1 aromatic rings. The molecule has 0 bridgehead atoms. The Kier molecular flexibility index (Phi) is 5.99. The minimum Gasteiger partial charge on any atom is -0.497 e. The molecule has 3 aliphatic heterocycles. The third-order valence-corrected chi connectivity index (χ3v) is 7.20. The maximum atomic E-state index is 12.9. The number of carbonyl (C=O) groups excluding carboxylic acids is 2. The number of rotatable bonds is 7. The normalized spacial score (nSPS) is 27.5. The number of aliphatic hydroxyl groups is 1. The fraction of sp³-hybridized carbons (Fsp3) is 0.520. The van der Waals surface area contributed by atoms with E-state index in [1.165, 1.54) is 6.08 Å². The lowest BCUT2D eigenvalue weighted by molar-refractivity contribution is -0.165. The van der Waals surface area contributed by atoms with E-state index >= 15 is 0 Å². The van der Waals surface area contributed by atoms with Crippen LogP contribution in [0.25, 0.3) is 0 Å². The second kappa shape index (κ2) is 8.96. The number of benzene rings is 1. The molecule has 9 nitrogen and oxygen atoms in total. The van der Waals surface area contributed by atoms with E-state index in [1.807, 2.05) is 12.1 Å². The Morgan fingerprint density at radius 2 is 2.12 bits per heavy atom. The number of methoxy groups -OCH3 is 1. The third-order valence-electron chi connectivity index (χ3n) is 7.20. The Bertz CT molecular complexity index is 1040. The quantitative estimate of drug-likeness (QED) is 0.471. The number of aliphatic hydroxyl groups excluding tert-OH is 1. The van der Waals surface area contributed by atoms with Crippen LogP contribution in [-0.2, 0) is 30.2 Å². The van der Waals surface area contributed by atoms with Crippen LogP contribution < -0.4 is 9.47 Å². The average molecular weight is 472 g/mol. The summed E-state index contributed by atoms with van der Waals surface area (Å²) in [6.45, 7) is 5.44. The van der Waals surface area contributed by atoms with Gasteiger partial charge >= 0.3 is 11.9 Å². The van der Waals surface area contributed by atoms with Crippen molar-refractivity contribution in [3.63, 3.8) is 0 Å². The summed E-state index contributed by atoms with van der Waals surface area (Å²) in [5.41, 5.74) is 1.77. The first-order chi connectivity index (χ1) is 16.5. The van der Waals surface area contributed by atoms with Gasteiger partial charge in [-0.3, -0.25) is 9.69 Å². The van der Waals surface area contributed by atoms with E-state index in [0.717, 1.165) is 49.2 Å². The number of nitrogens with zero attached hydrogens (tertiary/aromatic N) is 1. The first-order valence-corrected chi connectivity index (χ1v) is 11.6. The Morgan fingerprint density at radius 1 is 1.32 bits per heavy atom. The highest BCUT2D eigenvalue weighted by Gasteiger charge is 2.58. The van der Waals surface area contributed by atoms with Gasteiger partial charge in [-0.05, 0) is 55.1 Å². The Balaban J connectivity index is 1.47. The van der Waals surface area contributed by atoms with Crippen LogP contribution in [0.1, 0.15) is 36.3 Å². The molecule has 9 heteroatoms. The molecule has 4 atom stereocenters. The molecule has 1 aromatic carbocycles. The largest absolute Gasteiger partial charge is 0.497 e. The molecular weight excluding hydrogens is 442 g/mol. The van der Waals surface area contributed by atoms with E-state index in [9.17, 15) is 14.7 Å². The summed E-state index contributed by atoms with van der Waals surface area (Å²) in [5, 5.41) is 10.4. The van der Waals surface area contributed by atoms with E-state index < -0.39 is 30.6 Å². The molecule has 0 radical (unpaired) electrons. The predicted octanol–water partition coefficient (Wildman–Crippen LogP) is 1.83. The van der Waals surface area contributed by atoms with Gasteiger partial charge in [-0.15, -0.1) is 0 Å². The first-order valence-electron chi connectivity index (χ1n) is 11.6. The Morgan fingerprint density at radius 3 is 2.88 bits per heavy atom. The van der Waals surface area contributed by atoms with E-state index in [2.05, 4.69) is 17.6 Å². The molecular formula is C25H29NO8. The van der Waals surface area contributed by atoms with Gasteiger partial charge in [0.05, 0.1) is 25.0 Å². The molecule has 4 aliphatic rings. The van der Waals surface area contributed by atoms with Crippen LogP contribution >= 0.6 is 0 Å². The molecule has 0 amide bonds. The molecule has 3 heterocycles. The summed E-state index contributed by atoms with van der Waals surface area (Å²) in [4.78, 5) is 27.2. The summed E-state index contributed by atoms with van der Waals surface area (Å²) in [5.74, 6) is 0.0787. The number of ether oxygens (including phenoxy) is 5. The van der Waals surface area contributed by atoms with Gasteiger partial charge in [-0.25, -0.2) is 4.79 Å². The second-order valence-electron chi connectivity index (χ2n) is 9.01. The fourth-order valence-corrected chi connectivity index (χ4v) is 5.75. The molecule has 5 rings (SSSR count). The summed E-state index contributed by atoms with van der Waals surface area (Å²) >= 11 is 0. The molecule has 2 unspecified atom stereocenters. The van der Waals surface area contributed by atoms with Crippen LogP contribution in [-0.4, -0.2) is 73.3 Å². The van der Waals surface area contributed by atoms with Crippen molar-refractivity contribution in [2.24, 2.45) is 0 Å². The smallest absolute Gasteiger partial charge is 0.336 e. The summed E-state index contributed by atoms with van der Waals surface area (Å²) in [6, 6.07) is 4.00. The van der Waals surface area contributed by atoms with E-state index in [1.54, 1.807) is 7.11 Å². The number of hydrogen-bond donors (Lipinski definition) is 1. The van der Waals surface area contributed by atoms with Gasteiger partial charge in [-0.1, -0.05) is 12.7 Å². The number of hydrogen-bond acceptors (Lipinski definition) is 9. The van der Waals surface area contributed by atoms with Gasteiger partial charge in [0, 0.05) is 6.54 Å². The Hall–Kier alpha value is -3.04. The lowest BCUT2D eigenvalue weighted by Gasteiger charge is -2.39. The van der Waals surface area contributed by atoms with Crippen molar-refractivity contribution < 1.29 is 38.4 Å². The highest BCUT2D eigenvalue weighted by molar-refractivity contribution is 5.82. The van der Waals surface area contributed by atoms with E-state index in [0.29, 0.717) is 11.5 Å². The monoisotopic (exact) mass is 471 g/mol. The lowest BCUT2D eigenvalue weighted by atomic mass is 9.77. The zero-order valence-electron chi connectivity index (χ0n) is 19.2. The zero-order valence-corrected chi connectivity index (χ0v) is 19.2. The third kappa shape index (κ3) is 3.73. The molecule has 34 heavy (non-hydrogen) atoms. The highest BCUT2D eigenvalue weighted by Crippen LogP contribution is 2.55. The van der Waals surface area contributed by atoms with Gasteiger partial charge in [0.1, 0.15) is 12.4 Å². The van der Waals surface area contributed by atoms with Crippen molar-refractivity contribution >= 4 is 11.9 Å². The van der Waals surface area contributed by atoms with Gasteiger partial charge in [0.25, 0.3) is 0 Å². The highest BCUT2D eigenvalue weighted by atomic mass is 16.7. The zero-order chi connectivity index (χ0) is 23.9. The van der Waals surface area contributed by atoms with E-state index in [-0.39, 0.29) is 24.9 Å². The Labute approximate surface area is 197 Å². The van der Waals surface area contributed by atoms with E-state index in [4.69, 9.17) is 23.7 Å². The van der Waals surface area contributed by atoms with Gasteiger partial charge in [0.15, 0.2) is 23.7 Å². The maximum absolute atomic E-state index is 12.9. The predicted molar refractivity (Wildman–Crippen MR) is 119 cm³/mol. The number of esters is 2. The van der Waals surface area contributed by atoms with Crippen molar-refractivity contribution in [3.8, 4) is 11.5 Å². The van der Waals surface area contributed by atoms with Gasteiger partial charge < -0.3 is 28.8 Å². The molecule has 1 saturated heterocycles. The van der Waals surface area contributed by atoms with Crippen LogP contribution in [0, 0.1) is 0 Å². The van der Waals surface area contributed by atoms with Crippen molar-refractivity contribution in [3.05, 3.63) is 47.7 Å². The van der Waals surface area contributed by atoms with Crippen molar-refractivity contribution in [2.75, 3.05) is 33.6 Å². The maximum Gasteiger partial charge on any atom is 0.336 e. The topological polar surface area (TPSA) is 104 Å². The van der Waals surface area contributed by atoms with Crippen LogP contribution in [0.2, 0.25) is 0 Å². The molecule has 0 aromatic heterocycles. The van der Waals surface area contributed by atoms with Crippen molar-refractivity contribution in [1.82, 2.24) is 4.90 Å². The van der Waals surface area contributed by atoms with Crippen molar-refractivity contribution in [1.29, 1.82) is 0 Å².